The van der Waals surface area contributed by atoms with Gasteiger partial charge in [-0.2, -0.15) is 12.1 Å². The van der Waals surface area contributed by atoms with Gasteiger partial charge in [0.05, 0.1) is 0 Å². The Balaban J connectivity index is 0.000000260. The molecule has 0 unspecified atom stereocenters. The molecule has 0 saturated heterocycles. The van der Waals surface area contributed by atoms with E-state index >= 15 is 0 Å². The largest absolute Gasteiger partial charge is 4.00 e. The van der Waals surface area contributed by atoms with Crippen molar-refractivity contribution in [3.05, 3.63) is 131 Å². The van der Waals surface area contributed by atoms with E-state index in [9.17, 15) is 0 Å². The average Bonchev–Trinajstić information content (AvgIpc) is 3.69. The number of rotatable bonds is 4. The molecule has 3 heteroatoms. The van der Waals surface area contributed by atoms with E-state index in [-0.39, 0.29) is 61.8 Å². The Kier molecular flexibility index (Phi) is 14.6. The molecule has 0 bridgehead atoms. The van der Waals surface area contributed by atoms with Crippen molar-refractivity contribution in [2.24, 2.45) is 5.92 Å². The van der Waals surface area contributed by atoms with Crippen molar-refractivity contribution in [3.8, 4) is 22.3 Å². The van der Waals surface area contributed by atoms with Crippen molar-refractivity contribution < 1.29 is 51.0 Å². The van der Waals surface area contributed by atoms with Crippen LogP contribution in [0, 0.1) is 5.92 Å². The van der Waals surface area contributed by atoms with Crippen molar-refractivity contribution in [2.45, 2.75) is 104 Å². The van der Waals surface area contributed by atoms with E-state index in [0.29, 0.717) is 0 Å². The molecule has 1 saturated carbocycles. The maximum atomic E-state index is 2.48. The van der Waals surface area contributed by atoms with E-state index in [4.69, 9.17) is 0 Å². The van der Waals surface area contributed by atoms with Crippen LogP contribution in [0.25, 0.3) is 43.8 Å². The van der Waals surface area contributed by atoms with E-state index in [0.717, 1.165) is 18.3 Å². The van der Waals surface area contributed by atoms with Gasteiger partial charge in [-0.15, -0.1) is 69.1 Å². The second kappa shape index (κ2) is 17.4. The number of fused-ring (bicyclic) bond motifs is 2. The van der Waals surface area contributed by atoms with Crippen LogP contribution in [-0.2, 0) is 43.5 Å². The first kappa shape index (κ1) is 42.0. The maximum Gasteiger partial charge on any atom is 4.00 e. The van der Waals surface area contributed by atoms with Crippen molar-refractivity contribution in [3.63, 3.8) is 0 Å². The van der Waals surface area contributed by atoms with Crippen LogP contribution in [0.1, 0.15) is 109 Å². The van der Waals surface area contributed by atoms with Crippen molar-refractivity contribution in [2.75, 3.05) is 0 Å². The third-order valence-electron chi connectivity index (χ3n) is 10.6. The Morgan fingerprint density at radius 2 is 1.02 bits per heavy atom. The quantitative estimate of drug-likeness (QED) is 0.160. The summed E-state index contributed by atoms with van der Waals surface area (Å²) in [6, 6.07) is 41.1. The maximum absolute atomic E-state index is 2.48. The first-order valence-corrected chi connectivity index (χ1v) is 18.0. The van der Waals surface area contributed by atoms with Crippen LogP contribution in [0.5, 0.6) is 0 Å². The predicted molar refractivity (Wildman–Crippen MR) is 207 cm³/mol. The Morgan fingerprint density at radius 1 is 0.580 bits per heavy atom. The number of hydrogen-bond acceptors (Lipinski definition) is 0. The minimum Gasteiger partial charge on any atom is -1.00 e. The molecule has 6 aromatic carbocycles. The summed E-state index contributed by atoms with van der Waals surface area (Å²) in [5, 5.41) is 5.54. The smallest absolute Gasteiger partial charge is 1.00 e. The minimum atomic E-state index is 0. The van der Waals surface area contributed by atoms with Gasteiger partial charge in [0.25, 0.3) is 0 Å². The molecule has 0 N–H and O–H groups in total. The van der Waals surface area contributed by atoms with Crippen LogP contribution in [0.15, 0.2) is 109 Å². The van der Waals surface area contributed by atoms with Crippen LogP contribution in [0.2, 0.25) is 0 Å². The zero-order valence-electron chi connectivity index (χ0n) is 31.3. The molecule has 1 aliphatic rings. The molecule has 0 aliphatic heterocycles. The fourth-order valence-electron chi connectivity index (χ4n) is 7.39. The molecule has 0 radical (unpaired) electrons. The van der Waals surface area contributed by atoms with Gasteiger partial charge in [-0.05, 0) is 64.2 Å². The second-order valence-corrected chi connectivity index (χ2v) is 16.2. The van der Waals surface area contributed by atoms with Gasteiger partial charge >= 0.3 is 26.2 Å². The molecule has 0 spiro atoms. The first-order chi connectivity index (χ1) is 22.4. The van der Waals surface area contributed by atoms with Crippen molar-refractivity contribution in [1.29, 1.82) is 0 Å². The Labute approximate surface area is 334 Å². The Morgan fingerprint density at radius 3 is 1.46 bits per heavy atom. The van der Waals surface area contributed by atoms with Crippen LogP contribution in [0.4, 0.5) is 0 Å². The van der Waals surface area contributed by atoms with Gasteiger partial charge in [-0.25, -0.2) is 0 Å². The molecule has 0 atom stereocenters. The summed E-state index contributed by atoms with van der Waals surface area (Å²) in [5.41, 5.74) is 11.5. The first-order valence-electron chi connectivity index (χ1n) is 18.0. The van der Waals surface area contributed by atoms with Gasteiger partial charge in [-0.1, -0.05) is 140 Å². The number of aryl methyl sites for hydroxylation is 1. The average molecular weight is 781 g/mol. The standard InChI is InChI=1S/C26H31.C21H23.2ClH.Zr/c1-18-8-10-19(11-9-18)22-16-21-6-5-7-24(25(21)17-22)20-12-14-23(15-13-20)26(2,3)4;1-5-15-13-17-7-6-8-19(20(17)14-15)16-9-11-18(12-10-16)21(2,3)4;;;/h5-7,12-19H,8-11H2,1-4H3;6-14H,5H2,1-4H3;2*1H;/q2*-1;;;+4/p-2. The number of hydrogen-bond donors (Lipinski definition) is 0. The normalized spacial score (nSPS) is 16.1. The minimum absolute atomic E-state index is 0. The molecule has 0 amide bonds. The van der Waals surface area contributed by atoms with E-state index in [2.05, 4.69) is 165 Å². The molecule has 7 rings (SSSR count). The Hall–Kier alpha value is -2.44. The summed E-state index contributed by atoms with van der Waals surface area (Å²) in [7, 11) is 0. The Bertz CT molecular complexity index is 1930. The molecule has 6 aromatic rings. The topological polar surface area (TPSA) is 0 Å². The molecule has 1 fully saturated rings. The summed E-state index contributed by atoms with van der Waals surface area (Å²) in [6.07, 6.45) is 6.57. The number of benzene rings is 4. The van der Waals surface area contributed by atoms with E-state index in [1.807, 2.05) is 0 Å². The van der Waals surface area contributed by atoms with E-state index in [1.54, 1.807) is 5.56 Å². The van der Waals surface area contributed by atoms with Crippen molar-refractivity contribution >= 4 is 21.5 Å². The predicted octanol–water partition coefficient (Wildman–Crippen LogP) is 7.91. The van der Waals surface area contributed by atoms with Crippen LogP contribution < -0.4 is 24.8 Å². The molecule has 0 aromatic heterocycles. The van der Waals surface area contributed by atoms with Crippen LogP contribution in [-0.4, -0.2) is 0 Å². The van der Waals surface area contributed by atoms with Gasteiger partial charge in [0.2, 0.25) is 0 Å². The fraction of sp³-hybridized carbons (Fsp3) is 0.362. The molecular weight excluding hydrogens is 727 g/mol. The molecule has 50 heavy (non-hydrogen) atoms. The second-order valence-electron chi connectivity index (χ2n) is 16.2. The summed E-state index contributed by atoms with van der Waals surface area (Å²) >= 11 is 0. The molecule has 0 nitrogen and oxygen atoms in total. The zero-order chi connectivity index (χ0) is 33.3. The van der Waals surface area contributed by atoms with Gasteiger partial charge < -0.3 is 24.8 Å². The summed E-state index contributed by atoms with van der Waals surface area (Å²) in [5.74, 6) is 1.67. The summed E-state index contributed by atoms with van der Waals surface area (Å²) in [6.45, 7) is 18.2. The van der Waals surface area contributed by atoms with Gasteiger partial charge in [-0.3, -0.25) is 0 Å². The molecule has 260 valence electrons. The van der Waals surface area contributed by atoms with Crippen LogP contribution in [0.3, 0.4) is 0 Å². The molecular formula is C47H54Cl2Zr. The summed E-state index contributed by atoms with van der Waals surface area (Å²) < 4.78 is 0. The third-order valence-corrected chi connectivity index (χ3v) is 10.6. The SMILES string of the molecule is CC1CCC(c2cc3c(-c4ccc(C(C)(C)C)cc4)cccc3[cH-]2)CC1.CCc1cc2c(-c3ccc(C(C)(C)C)cc3)cccc2[cH-]1.[Cl-].[Cl-].[Zr+4]. The van der Waals surface area contributed by atoms with Gasteiger partial charge in [0.15, 0.2) is 0 Å². The van der Waals surface area contributed by atoms with E-state index in [1.165, 1.54) is 86.2 Å². The summed E-state index contributed by atoms with van der Waals surface area (Å²) in [4.78, 5) is 0. The van der Waals surface area contributed by atoms with Crippen LogP contribution >= 0.6 is 0 Å². The fourth-order valence-corrected chi connectivity index (χ4v) is 7.39. The monoisotopic (exact) mass is 778 g/mol. The van der Waals surface area contributed by atoms with Crippen molar-refractivity contribution in [1.82, 2.24) is 0 Å². The number of halogens is 2. The molecule has 1 aliphatic carbocycles. The zero-order valence-corrected chi connectivity index (χ0v) is 35.3. The van der Waals surface area contributed by atoms with E-state index < -0.39 is 0 Å². The third kappa shape index (κ3) is 9.51. The van der Waals surface area contributed by atoms with Gasteiger partial charge in [0, 0.05) is 0 Å². The molecule has 0 heterocycles. The van der Waals surface area contributed by atoms with Gasteiger partial charge in [0.1, 0.15) is 0 Å².